The molecule has 0 heterocycles. The van der Waals surface area contributed by atoms with E-state index in [4.69, 9.17) is 20.1 Å². The van der Waals surface area contributed by atoms with Crippen molar-refractivity contribution in [2.24, 2.45) is 5.84 Å². The number of benzene rings is 1. The third-order valence-corrected chi connectivity index (χ3v) is 2.79. The summed E-state index contributed by atoms with van der Waals surface area (Å²) in [7, 11) is 0. The van der Waals surface area contributed by atoms with Crippen LogP contribution in [0.4, 0.5) is 0 Å². The Balaban J connectivity index is 3.22. The van der Waals surface area contributed by atoms with Crippen LogP contribution in [-0.2, 0) is 0 Å². The van der Waals surface area contributed by atoms with Crippen LogP contribution in [-0.4, -0.2) is 25.7 Å². The molecule has 0 saturated heterocycles. The number of carbonyl (C=O) groups is 1. The van der Waals surface area contributed by atoms with E-state index in [1.807, 2.05) is 20.8 Å². The molecule has 3 N–H and O–H groups in total. The molecule has 0 atom stereocenters. The minimum absolute atomic E-state index is 0.378. The first-order valence-corrected chi connectivity index (χ1v) is 7.75. The van der Waals surface area contributed by atoms with E-state index in [0.29, 0.717) is 42.6 Å². The molecular formula is C16H26N2O4. The quantitative estimate of drug-likeness (QED) is 0.394. The lowest BCUT2D eigenvalue weighted by Gasteiger charge is -2.18. The summed E-state index contributed by atoms with van der Waals surface area (Å²) in [5, 5.41) is 0. The van der Waals surface area contributed by atoms with Crippen LogP contribution in [0.15, 0.2) is 12.1 Å². The van der Waals surface area contributed by atoms with Gasteiger partial charge in [-0.2, -0.15) is 0 Å². The summed E-state index contributed by atoms with van der Waals surface area (Å²) in [5.41, 5.74) is 2.50. The number of nitrogens with one attached hydrogen (secondary N) is 1. The van der Waals surface area contributed by atoms with Gasteiger partial charge >= 0.3 is 0 Å². The van der Waals surface area contributed by atoms with Crippen LogP contribution < -0.4 is 25.5 Å². The van der Waals surface area contributed by atoms with E-state index in [1.54, 1.807) is 12.1 Å². The van der Waals surface area contributed by atoms with Crippen molar-refractivity contribution in [2.45, 2.75) is 40.0 Å². The van der Waals surface area contributed by atoms with Gasteiger partial charge < -0.3 is 14.2 Å². The molecule has 1 amide bonds. The van der Waals surface area contributed by atoms with Crippen molar-refractivity contribution in [1.29, 1.82) is 0 Å². The van der Waals surface area contributed by atoms with E-state index in [-0.39, 0.29) is 0 Å². The summed E-state index contributed by atoms with van der Waals surface area (Å²) in [5.74, 6) is 6.36. The van der Waals surface area contributed by atoms with Crippen molar-refractivity contribution >= 4 is 5.91 Å². The number of nitrogen functional groups attached to an aromatic ring is 1. The van der Waals surface area contributed by atoms with Crippen LogP contribution in [0.3, 0.4) is 0 Å². The second-order valence-electron chi connectivity index (χ2n) is 4.82. The van der Waals surface area contributed by atoms with Gasteiger partial charge in [-0.15, -0.1) is 0 Å². The topological polar surface area (TPSA) is 82.8 Å². The predicted molar refractivity (Wildman–Crippen MR) is 85.5 cm³/mol. The fourth-order valence-electron chi connectivity index (χ4n) is 1.78. The molecule has 1 aromatic carbocycles. The van der Waals surface area contributed by atoms with Gasteiger partial charge in [-0.3, -0.25) is 10.2 Å². The van der Waals surface area contributed by atoms with Crippen molar-refractivity contribution in [1.82, 2.24) is 5.43 Å². The highest BCUT2D eigenvalue weighted by Crippen LogP contribution is 2.39. The van der Waals surface area contributed by atoms with Gasteiger partial charge in [0.05, 0.1) is 19.8 Å². The number of nitrogens with two attached hydrogens (primary N) is 1. The maximum Gasteiger partial charge on any atom is 0.265 e. The molecule has 0 bridgehead atoms. The zero-order valence-corrected chi connectivity index (χ0v) is 13.6. The van der Waals surface area contributed by atoms with Crippen molar-refractivity contribution in [3.8, 4) is 17.2 Å². The van der Waals surface area contributed by atoms with Gasteiger partial charge in [0, 0.05) is 5.56 Å². The van der Waals surface area contributed by atoms with Crippen LogP contribution in [0, 0.1) is 0 Å². The lowest BCUT2D eigenvalue weighted by molar-refractivity contribution is 0.0952. The van der Waals surface area contributed by atoms with E-state index >= 15 is 0 Å². The van der Waals surface area contributed by atoms with Gasteiger partial charge in [0.25, 0.3) is 5.91 Å². The smallest absolute Gasteiger partial charge is 0.265 e. The summed E-state index contributed by atoms with van der Waals surface area (Å²) in [4.78, 5) is 11.8. The Kier molecular flexibility index (Phi) is 8.14. The number of amides is 1. The minimum atomic E-state index is -0.398. The molecule has 0 aromatic heterocycles. The number of hydrogen-bond donors (Lipinski definition) is 2. The molecule has 124 valence electrons. The Morgan fingerprint density at radius 2 is 1.41 bits per heavy atom. The SMILES string of the molecule is CCCOc1cc(C(=O)NN)cc(OCCC)c1OCCC. The molecule has 0 aliphatic rings. The van der Waals surface area contributed by atoms with Gasteiger partial charge in [-0.25, -0.2) is 5.84 Å². The molecule has 0 radical (unpaired) electrons. The Hall–Kier alpha value is -1.95. The highest BCUT2D eigenvalue weighted by Gasteiger charge is 2.18. The third kappa shape index (κ3) is 5.11. The van der Waals surface area contributed by atoms with Crippen LogP contribution in [0.1, 0.15) is 50.4 Å². The molecule has 0 saturated carbocycles. The number of rotatable bonds is 10. The molecular weight excluding hydrogens is 284 g/mol. The second-order valence-corrected chi connectivity index (χ2v) is 4.82. The first kappa shape index (κ1) is 18.1. The first-order chi connectivity index (χ1) is 10.7. The van der Waals surface area contributed by atoms with E-state index in [2.05, 4.69) is 5.43 Å². The van der Waals surface area contributed by atoms with Gasteiger partial charge in [-0.05, 0) is 31.4 Å². The molecule has 22 heavy (non-hydrogen) atoms. The van der Waals surface area contributed by atoms with E-state index in [1.165, 1.54) is 0 Å². The Bertz CT molecular complexity index is 448. The lowest BCUT2D eigenvalue weighted by Crippen LogP contribution is -2.30. The second kappa shape index (κ2) is 9.89. The third-order valence-electron chi connectivity index (χ3n) is 2.79. The first-order valence-electron chi connectivity index (χ1n) is 7.75. The van der Waals surface area contributed by atoms with Crippen molar-refractivity contribution < 1.29 is 19.0 Å². The molecule has 6 heteroatoms. The average molecular weight is 310 g/mol. The molecule has 0 unspecified atom stereocenters. The van der Waals surface area contributed by atoms with Crippen LogP contribution in [0.25, 0.3) is 0 Å². The molecule has 1 rings (SSSR count). The fraction of sp³-hybridized carbons (Fsp3) is 0.562. The standard InChI is InChI=1S/C16H26N2O4/c1-4-7-20-13-10-12(16(19)18-17)11-14(21-8-5-2)15(13)22-9-6-3/h10-11H,4-9,17H2,1-3H3,(H,18,19). The van der Waals surface area contributed by atoms with Crippen molar-refractivity contribution in [3.05, 3.63) is 17.7 Å². The maximum absolute atomic E-state index is 11.8. The Morgan fingerprint density at radius 3 is 1.82 bits per heavy atom. The maximum atomic E-state index is 11.8. The molecule has 0 aliphatic carbocycles. The Morgan fingerprint density at radius 1 is 0.955 bits per heavy atom. The molecule has 0 fully saturated rings. The summed E-state index contributed by atoms with van der Waals surface area (Å²) in [6.07, 6.45) is 2.57. The zero-order chi connectivity index (χ0) is 16.4. The van der Waals surface area contributed by atoms with Crippen molar-refractivity contribution in [3.63, 3.8) is 0 Å². The summed E-state index contributed by atoms with van der Waals surface area (Å²) in [6.45, 7) is 7.66. The van der Waals surface area contributed by atoms with Crippen molar-refractivity contribution in [2.75, 3.05) is 19.8 Å². The summed E-state index contributed by atoms with van der Waals surface area (Å²) >= 11 is 0. The number of hydrogen-bond acceptors (Lipinski definition) is 5. The van der Waals surface area contributed by atoms with Gasteiger partial charge in [0.1, 0.15) is 0 Å². The van der Waals surface area contributed by atoms with E-state index in [0.717, 1.165) is 19.3 Å². The van der Waals surface area contributed by atoms with Gasteiger partial charge in [-0.1, -0.05) is 20.8 Å². The minimum Gasteiger partial charge on any atom is -0.490 e. The summed E-state index contributed by atoms with van der Waals surface area (Å²) in [6, 6.07) is 3.25. The normalized spacial score (nSPS) is 10.2. The predicted octanol–water partition coefficient (Wildman–Crippen LogP) is 2.66. The average Bonchev–Trinajstić information content (AvgIpc) is 2.55. The van der Waals surface area contributed by atoms with Gasteiger partial charge in [0.15, 0.2) is 11.5 Å². The number of hydrazine groups is 1. The lowest BCUT2D eigenvalue weighted by atomic mass is 10.1. The molecule has 0 spiro atoms. The monoisotopic (exact) mass is 310 g/mol. The Labute approximate surface area is 131 Å². The molecule has 1 aromatic rings. The van der Waals surface area contributed by atoms with Gasteiger partial charge in [0.2, 0.25) is 5.75 Å². The molecule has 6 nitrogen and oxygen atoms in total. The van der Waals surface area contributed by atoms with Crippen LogP contribution in [0.2, 0.25) is 0 Å². The highest BCUT2D eigenvalue weighted by atomic mass is 16.5. The largest absolute Gasteiger partial charge is 0.490 e. The zero-order valence-electron chi connectivity index (χ0n) is 13.6. The summed E-state index contributed by atoms with van der Waals surface area (Å²) < 4.78 is 17.2. The highest BCUT2D eigenvalue weighted by molar-refractivity contribution is 5.95. The van der Waals surface area contributed by atoms with E-state index < -0.39 is 5.91 Å². The number of carbonyl (C=O) groups excluding carboxylic acids is 1. The van der Waals surface area contributed by atoms with Crippen LogP contribution in [0.5, 0.6) is 17.2 Å². The fourth-order valence-corrected chi connectivity index (χ4v) is 1.78. The molecule has 0 aliphatic heterocycles. The van der Waals surface area contributed by atoms with E-state index in [9.17, 15) is 4.79 Å². The van der Waals surface area contributed by atoms with Crippen LogP contribution >= 0.6 is 0 Å². The number of ether oxygens (including phenoxy) is 3.